The highest BCUT2D eigenvalue weighted by Gasteiger charge is 2.30. The van der Waals surface area contributed by atoms with E-state index in [1.165, 1.54) is 0 Å². The first-order valence-corrected chi connectivity index (χ1v) is 7.91. The van der Waals surface area contributed by atoms with E-state index in [0.717, 1.165) is 10.8 Å². The number of phenols is 1. The first-order valence-electron chi connectivity index (χ1n) is 7.91. The molecule has 0 aliphatic heterocycles. The predicted molar refractivity (Wildman–Crippen MR) is 105 cm³/mol. The molecule has 4 N–H and O–H groups in total. The van der Waals surface area contributed by atoms with E-state index in [1.807, 2.05) is 36.4 Å². The van der Waals surface area contributed by atoms with Crippen molar-refractivity contribution in [2.75, 3.05) is 0 Å². The topological polar surface area (TPSA) is 209 Å². The number of aromatic hydroxyl groups is 1. The molecule has 0 unspecified atom stereocenters. The lowest BCUT2D eigenvalue weighted by Crippen LogP contribution is -2.17. The van der Waals surface area contributed by atoms with Crippen molar-refractivity contribution in [1.82, 2.24) is 0 Å². The van der Waals surface area contributed by atoms with Crippen LogP contribution in [-0.2, 0) is 0 Å². The summed E-state index contributed by atoms with van der Waals surface area (Å²) in [5.74, 6) is -0.614. The summed E-state index contributed by atoms with van der Waals surface area (Å²) in [6.07, 6.45) is 0. The molecule has 13 nitrogen and oxygen atoms in total. The zero-order valence-corrected chi connectivity index (χ0v) is 14.9. The summed E-state index contributed by atoms with van der Waals surface area (Å²) in [6, 6.07) is 14.1. The molecule has 3 aromatic carbocycles. The van der Waals surface area contributed by atoms with E-state index in [0.29, 0.717) is 17.9 Å². The van der Waals surface area contributed by atoms with Gasteiger partial charge >= 0.3 is 11.4 Å². The molecule has 13 heteroatoms. The Kier molecular flexibility index (Phi) is 6.39. The standard InChI is InChI=1S/C11H10N2O.C6H3N3O7/c12-11(13)14-10-6-5-8-3-1-2-4-9(8)7-10;10-6-4(8(13)14)1-3(7(11)12)2-5(6)9(15)16/h1-7H,(H3,12,13);1-2,10H. The second kappa shape index (κ2) is 8.92. The Morgan fingerprint density at radius 2 is 1.40 bits per heavy atom. The number of nitro groups is 3. The number of non-ortho nitro benzene ring substituents is 1. The number of ether oxygens (including phenoxy) is 1. The van der Waals surface area contributed by atoms with Gasteiger partial charge in [0.1, 0.15) is 5.75 Å². The Morgan fingerprint density at radius 1 is 0.867 bits per heavy atom. The van der Waals surface area contributed by atoms with Gasteiger partial charge in [0, 0.05) is 0 Å². The average molecular weight is 415 g/mol. The van der Waals surface area contributed by atoms with Gasteiger partial charge in [-0.2, -0.15) is 0 Å². The second-order valence-electron chi connectivity index (χ2n) is 5.58. The molecule has 0 aromatic heterocycles. The lowest BCUT2D eigenvalue weighted by molar-refractivity contribution is -0.404. The molecular weight excluding hydrogens is 402 g/mol. The molecule has 0 fully saturated rings. The van der Waals surface area contributed by atoms with Crippen molar-refractivity contribution in [2.24, 2.45) is 5.73 Å². The summed E-state index contributed by atoms with van der Waals surface area (Å²) >= 11 is 0. The van der Waals surface area contributed by atoms with Crippen LogP contribution in [0.2, 0.25) is 0 Å². The van der Waals surface area contributed by atoms with Crippen LogP contribution < -0.4 is 10.5 Å². The minimum atomic E-state index is -1.21. The number of nitro benzene ring substituents is 3. The summed E-state index contributed by atoms with van der Waals surface area (Å²) in [5, 5.41) is 49.4. The Hall–Kier alpha value is -4.81. The quantitative estimate of drug-likeness (QED) is 0.247. The summed E-state index contributed by atoms with van der Waals surface area (Å²) in [6.45, 7) is 0. The van der Waals surface area contributed by atoms with Gasteiger partial charge in [0.25, 0.3) is 17.5 Å². The largest absolute Gasteiger partial charge is 0.497 e. The van der Waals surface area contributed by atoms with E-state index in [1.54, 1.807) is 6.07 Å². The normalized spacial score (nSPS) is 9.87. The van der Waals surface area contributed by atoms with E-state index in [-0.39, 0.29) is 6.02 Å². The fraction of sp³-hybridized carbons (Fsp3) is 0. The number of nitrogens with one attached hydrogen (secondary N) is 1. The molecular formula is C17H13N5O8. The van der Waals surface area contributed by atoms with Gasteiger partial charge in [0.05, 0.1) is 26.9 Å². The molecule has 0 heterocycles. The summed E-state index contributed by atoms with van der Waals surface area (Å²) in [7, 11) is 0. The van der Waals surface area contributed by atoms with Crippen molar-refractivity contribution in [3.8, 4) is 11.5 Å². The van der Waals surface area contributed by atoms with Crippen LogP contribution in [0.4, 0.5) is 17.1 Å². The third-order valence-corrected chi connectivity index (χ3v) is 3.61. The number of hydrogen-bond donors (Lipinski definition) is 3. The Balaban J connectivity index is 0.000000215. The number of rotatable bonds is 4. The molecule has 154 valence electrons. The van der Waals surface area contributed by atoms with Crippen molar-refractivity contribution in [3.05, 3.63) is 84.9 Å². The van der Waals surface area contributed by atoms with E-state index in [9.17, 15) is 30.3 Å². The smallest absolute Gasteiger partial charge is 0.324 e. The summed E-state index contributed by atoms with van der Waals surface area (Å²) in [4.78, 5) is 27.8. The first-order chi connectivity index (χ1) is 14.1. The van der Waals surface area contributed by atoms with Crippen LogP contribution in [0.5, 0.6) is 11.5 Å². The molecule has 30 heavy (non-hydrogen) atoms. The van der Waals surface area contributed by atoms with Crippen molar-refractivity contribution >= 4 is 33.9 Å². The van der Waals surface area contributed by atoms with Gasteiger partial charge in [-0.25, -0.2) is 0 Å². The fourth-order valence-electron chi connectivity index (χ4n) is 2.33. The van der Waals surface area contributed by atoms with Crippen LogP contribution in [0.3, 0.4) is 0 Å². The van der Waals surface area contributed by atoms with Crippen LogP contribution in [0.1, 0.15) is 0 Å². The number of amidine groups is 1. The van der Waals surface area contributed by atoms with Gasteiger partial charge in [-0.15, -0.1) is 0 Å². The van der Waals surface area contributed by atoms with Gasteiger partial charge in [-0.3, -0.25) is 35.8 Å². The van der Waals surface area contributed by atoms with Crippen molar-refractivity contribution in [3.63, 3.8) is 0 Å². The zero-order valence-electron chi connectivity index (χ0n) is 14.9. The summed E-state index contributed by atoms with van der Waals surface area (Å²) in [5.41, 5.74) is 2.13. The average Bonchev–Trinajstić information content (AvgIpc) is 2.67. The monoisotopic (exact) mass is 415 g/mol. The van der Waals surface area contributed by atoms with Crippen LogP contribution in [0, 0.1) is 35.8 Å². The lowest BCUT2D eigenvalue weighted by Gasteiger charge is -2.03. The van der Waals surface area contributed by atoms with Crippen LogP contribution >= 0.6 is 0 Å². The maximum absolute atomic E-state index is 10.4. The Bertz CT molecular complexity index is 1130. The maximum atomic E-state index is 10.4. The third kappa shape index (κ3) is 5.13. The van der Waals surface area contributed by atoms with Gasteiger partial charge in [0.15, 0.2) is 0 Å². The number of hydrogen-bond acceptors (Lipinski definition) is 9. The van der Waals surface area contributed by atoms with Gasteiger partial charge < -0.3 is 15.6 Å². The molecule has 0 saturated heterocycles. The maximum Gasteiger partial charge on any atom is 0.324 e. The highest BCUT2D eigenvalue weighted by Crippen LogP contribution is 2.38. The van der Waals surface area contributed by atoms with Crippen LogP contribution in [0.15, 0.2) is 54.6 Å². The van der Waals surface area contributed by atoms with E-state index < -0.39 is 37.6 Å². The fourth-order valence-corrected chi connectivity index (χ4v) is 2.33. The SMILES string of the molecule is N=C(N)Oc1ccc2ccccc2c1.O=[N+]([O-])c1cc([N+](=O)[O-])c(O)c([N+](=O)[O-])c1. The minimum absolute atomic E-state index is 0.291. The summed E-state index contributed by atoms with van der Waals surface area (Å²) < 4.78 is 4.98. The first kappa shape index (κ1) is 21.5. The third-order valence-electron chi connectivity index (χ3n) is 3.61. The molecule has 0 amide bonds. The Labute approximate surface area is 166 Å². The molecule has 0 bridgehead atoms. The molecule has 0 aliphatic rings. The van der Waals surface area contributed by atoms with Crippen LogP contribution in [-0.4, -0.2) is 25.9 Å². The molecule has 3 rings (SSSR count). The highest BCUT2D eigenvalue weighted by molar-refractivity contribution is 5.84. The molecule has 3 aromatic rings. The Morgan fingerprint density at radius 3 is 1.87 bits per heavy atom. The molecule has 0 atom stereocenters. The van der Waals surface area contributed by atoms with Crippen molar-refractivity contribution in [1.29, 1.82) is 5.41 Å². The highest BCUT2D eigenvalue weighted by atomic mass is 16.6. The molecule has 0 aliphatic carbocycles. The molecule has 0 radical (unpaired) electrons. The lowest BCUT2D eigenvalue weighted by atomic mass is 10.1. The zero-order chi connectivity index (χ0) is 22.4. The van der Waals surface area contributed by atoms with E-state index in [2.05, 4.69) is 0 Å². The van der Waals surface area contributed by atoms with Crippen molar-refractivity contribution in [2.45, 2.75) is 0 Å². The van der Waals surface area contributed by atoms with Crippen LogP contribution in [0.25, 0.3) is 10.8 Å². The van der Waals surface area contributed by atoms with E-state index >= 15 is 0 Å². The van der Waals surface area contributed by atoms with E-state index in [4.69, 9.17) is 21.0 Å². The number of benzene rings is 3. The molecule has 0 saturated carbocycles. The minimum Gasteiger partial charge on any atom is -0.497 e. The number of fused-ring (bicyclic) bond motifs is 1. The van der Waals surface area contributed by atoms with Gasteiger partial charge in [0.2, 0.25) is 0 Å². The number of nitrogens with two attached hydrogens (primary N) is 1. The molecule has 0 spiro atoms. The number of nitrogens with zero attached hydrogens (tertiary/aromatic N) is 3. The van der Waals surface area contributed by atoms with Gasteiger partial charge in [-0.1, -0.05) is 30.3 Å². The van der Waals surface area contributed by atoms with Crippen molar-refractivity contribution < 1.29 is 24.6 Å². The predicted octanol–water partition coefficient (Wildman–Crippen LogP) is 3.23. The number of phenolic OH excluding ortho intramolecular Hbond substituents is 1. The van der Waals surface area contributed by atoms with Gasteiger partial charge in [-0.05, 0) is 22.9 Å². The second-order valence-corrected chi connectivity index (χ2v) is 5.58.